The van der Waals surface area contributed by atoms with Crippen LogP contribution in [0.15, 0.2) is 30.5 Å². The summed E-state index contributed by atoms with van der Waals surface area (Å²) in [7, 11) is -2.93. The molecule has 0 unspecified atom stereocenters. The Bertz CT molecular complexity index is 965. The summed E-state index contributed by atoms with van der Waals surface area (Å²) < 4.78 is 28.6. The van der Waals surface area contributed by atoms with Crippen LogP contribution >= 0.6 is 0 Å². The third kappa shape index (κ3) is 5.67. The molecule has 2 aromatic rings. The van der Waals surface area contributed by atoms with Gasteiger partial charge in [0.2, 0.25) is 8.41 Å². The van der Waals surface area contributed by atoms with E-state index in [1.165, 1.54) is 5.56 Å². The lowest BCUT2D eigenvalue weighted by molar-refractivity contribution is 0.0247. The summed E-state index contributed by atoms with van der Waals surface area (Å²) in [5, 5.41) is 17.3. The van der Waals surface area contributed by atoms with Gasteiger partial charge < -0.3 is 18.7 Å². The zero-order valence-corrected chi connectivity index (χ0v) is 21.2. The van der Waals surface area contributed by atoms with Crippen LogP contribution in [-0.2, 0) is 28.9 Å². The van der Waals surface area contributed by atoms with Crippen LogP contribution in [-0.4, -0.2) is 66.6 Å². The molecule has 3 heterocycles. The molecule has 1 aromatic heterocycles. The number of aliphatic hydroxyl groups excluding tert-OH is 1. The first-order valence-corrected chi connectivity index (χ1v) is 15.1. The minimum absolute atomic E-state index is 0.00598. The number of nitrogens with zero attached hydrogens (tertiary/aromatic N) is 4. The number of ether oxygens (including phenoxy) is 2. The molecule has 0 bridgehead atoms. The number of cyclic esters (lactones) is 1. The number of anilines is 1. The number of carbonyl (C=O) groups is 1. The zero-order valence-electron chi connectivity index (χ0n) is 20.2. The molecular weight excluding hydrogens is 455 g/mol. The van der Waals surface area contributed by atoms with Crippen molar-refractivity contribution >= 4 is 20.2 Å². The van der Waals surface area contributed by atoms with Gasteiger partial charge in [-0.3, -0.25) is 9.58 Å². The van der Waals surface area contributed by atoms with E-state index in [-0.39, 0.29) is 36.4 Å². The number of aromatic nitrogens is 3. The molecule has 2 saturated heterocycles. The maximum Gasteiger partial charge on any atom is 0.414 e. The van der Waals surface area contributed by atoms with E-state index < -0.39 is 8.41 Å². The predicted molar refractivity (Wildman–Crippen MR) is 129 cm³/mol. The molecule has 0 radical (unpaired) electrons. The van der Waals surface area contributed by atoms with Gasteiger partial charge in [-0.05, 0) is 56.0 Å². The van der Waals surface area contributed by atoms with Crippen molar-refractivity contribution in [2.75, 3.05) is 24.7 Å². The minimum atomic E-state index is -2.93. The van der Waals surface area contributed by atoms with E-state index in [1.807, 2.05) is 30.5 Å². The highest BCUT2D eigenvalue weighted by Crippen LogP contribution is 2.47. The standard InChI is InChI=1S/C24H35FN4O4Si/c1-17-21(9-6-18-4-7-20(8-5-18)29-13-15-32-24(29)31)33-22(23(17)34(2,3)25)10-12-28-16-19(11-14-30)26-27-28/h4-5,7-8,16-17,21-23,30H,6,9-15H2,1-3H3/t17-,21+,22-,23+/m0/s1. The van der Waals surface area contributed by atoms with Crippen molar-refractivity contribution in [3.8, 4) is 0 Å². The van der Waals surface area contributed by atoms with Crippen LogP contribution in [0.25, 0.3) is 0 Å². The van der Waals surface area contributed by atoms with E-state index in [9.17, 15) is 4.79 Å². The third-order valence-corrected chi connectivity index (χ3v) is 9.50. The molecule has 4 rings (SSSR count). The highest BCUT2D eigenvalue weighted by atomic mass is 28.4. The van der Waals surface area contributed by atoms with Crippen LogP contribution in [0, 0.1) is 5.92 Å². The SMILES string of the molecule is C[C@@H]1[C@@H]([Si](C)(C)F)[C@H](CCn2cc(CCO)nn2)O[C@@H]1CCc1ccc(N2CCOC2=O)cc1. The van der Waals surface area contributed by atoms with Gasteiger partial charge in [0.15, 0.2) is 0 Å². The Morgan fingerprint density at radius 1 is 1.18 bits per heavy atom. The maximum atomic E-state index is 15.3. The summed E-state index contributed by atoms with van der Waals surface area (Å²) in [6, 6.07) is 7.98. The van der Waals surface area contributed by atoms with Crippen LogP contribution in [0.1, 0.15) is 31.0 Å². The maximum absolute atomic E-state index is 15.3. The van der Waals surface area contributed by atoms with Crippen molar-refractivity contribution in [2.45, 2.75) is 70.0 Å². The molecular formula is C24H35FN4O4Si. The molecule has 2 fully saturated rings. The molecule has 186 valence electrons. The Hall–Kier alpha value is -2.30. The van der Waals surface area contributed by atoms with E-state index in [4.69, 9.17) is 14.6 Å². The molecule has 10 heteroatoms. The monoisotopic (exact) mass is 490 g/mol. The molecule has 34 heavy (non-hydrogen) atoms. The van der Waals surface area contributed by atoms with Gasteiger partial charge in [0, 0.05) is 37.0 Å². The molecule has 2 aliphatic rings. The smallest absolute Gasteiger partial charge is 0.414 e. The first-order chi connectivity index (χ1) is 16.3. The summed E-state index contributed by atoms with van der Waals surface area (Å²) in [5.74, 6) is 0.149. The summed E-state index contributed by atoms with van der Waals surface area (Å²) >= 11 is 0. The van der Waals surface area contributed by atoms with Crippen molar-refractivity contribution in [3.05, 3.63) is 41.7 Å². The number of aliphatic hydroxyl groups is 1. The number of carbonyl (C=O) groups excluding carboxylic acids is 1. The fourth-order valence-electron chi connectivity index (χ4n) is 5.36. The molecule has 8 nitrogen and oxygen atoms in total. The predicted octanol–water partition coefficient (Wildman–Crippen LogP) is 3.74. The Morgan fingerprint density at radius 2 is 1.94 bits per heavy atom. The van der Waals surface area contributed by atoms with Crippen molar-refractivity contribution in [2.24, 2.45) is 5.92 Å². The molecule has 4 atom stereocenters. The largest absolute Gasteiger partial charge is 0.447 e. The minimum Gasteiger partial charge on any atom is -0.447 e. The second-order valence-electron chi connectivity index (χ2n) is 9.87. The van der Waals surface area contributed by atoms with Gasteiger partial charge in [-0.1, -0.05) is 24.3 Å². The quantitative estimate of drug-likeness (QED) is 0.403. The van der Waals surface area contributed by atoms with E-state index in [1.54, 1.807) is 22.7 Å². The molecule has 2 aliphatic heterocycles. The molecule has 1 N–H and O–H groups in total. The van der Waals surface area contributed by atoms with Crippen LogP contribution in [0.2, 0.25) is 18.6 Å². The number of halogens is 1. The van der Waals surface area contributed by atoms with E-state index >= 15 is 4.11 Å². The average Bonchev–Trinajstić information content (AvgIpc) is 3.50. The van der Waals surface area contributed by atoms with Gasteiger partial charge in [0.25, 0.3) is 0 Å². The second-order valence-corrected chi connectivity index (χ2v) is 13.7. The van der Waals surface area contributed by atoms with Gasteiger partial charge in [0.05, 0.1) is 24.4 Å². The lowest BCUT2D eigenvalue weighted by atomic mass is 9.95. The first-order valence-electron chi connectivity index (χ1n) is 12.1. The highest BCUT2D eigenvalue weighted by Gasteiger charge is 2.50. The van der Waals surface area contributed by atoms with Crippen molar-refractivity contribution in [1.82, 2.24) is 15.0 Å². The fraction of sp³-hybridized carbons (Fsp3) is 0.625. The van der Waals surface area contributed by atoms with Crippen molar-refractivity contribution in [3.63, 3.8) is 0 Å². The normalized spacial score (nSPS) is 25.2. The summed E-state index contributed by atoms with van der Waals surface area (Å²) in [6.07, 6.45) is 4.24. The molecule has 1 amide bonds. The number of hydrogen-bond acceptors (Lipinski definition) is 6. The Morgan fingerprint density at radius 3 is 2.59 bits per heavy atom. The molecule has 0 spiro atoms. The van der Waals surface area contributed by atoms with Crippen LogP contribution < -0.4 is 4.90 Å². The van der Waals surface area contributed by atoms with E-state index in [0.717, 1.165) is 24.2 Å². The van der Waals surface area contributed by atoms with Gasteiger partial charge in [-0.25, -0.2) is 4.79 Å². The number of rotatable bonds is 10. The summed E-state index contributed by atoms with van der Waals surface area (Å²) in [6.45, 7) is 7.35. The van der Waals surface area contributed by atoms with E-state index in [0.29, 0.717) is 32.5 Å². The topological polar surface area (TPSA) is 89.7 Å². The van der Waals surface area contributed by atoms with Crippen molar-refractivity contribution in [1.29, 1.82) is 0 Å². The van der Waals surface area contributed by atoms with Gasteiger partial charge in [-0.15, -0.1) is 5.10 Å². The van der Waals surface area contributed by atoms with E-state index in [2.05, 4.69) is 17.2 Å². The third-order valence-electron chi connectivity index (χ3n) is 7.02. The van der Waals surface area contributed by atoms with Gasteiger partial charge in [0.1, 0.15) is 6.61 Å². The van der Waals surface area contributed by atoms with Crippen LogP contribution in [0.5, 0.6) is 0 Å². The van der Waals surface area contributed by atoms with Crippen molar-refractivity contribution < 1.29 is 23.5 Å². The number of aryl methyl sites for hydroxylation is 2. The molecule has 0 aliphatic carbocycles. The number of amides is 1. The molecule has 0 saturated carbocycles. The van der Waals surface area contributed by atoms with Crippen LogP contribution in [0.4, 0.5) is 14.6 Å². The lowest BCUT2D eigenvalue weighted by Crippen LogP contribution is -2.36. The Balaban J connectivity index is 1.35. The average molecular weight is 491 g/mol. The number of hydrogen-bond donors (Lipinski definition) is 1. The fourth-order valence-corrected chi connectivity index (χ4v) is 7.96. The summed E-state index contributed by atoms with van der Waals surface area (Å²) in [5.41, 5.74) is 2.70. The highest BCUT2D eigenvalue weighted by molar-refractivity contribution is 6.72. The Kier molecular flexibility index (Phi) is 7.69. The lowest BCUT2D eigenvalue weighted by Gasteiger charge is -2.28. The Labute approximate surface area is 201 Å². The van der Waals surface area contributed by atoms with Gasteiger partial charge in [-0.2, -0.15) is 0 Å². The first kappa shape index (κ1) is 24.8. The summed E-state index contributed by atoms with van der Waals surface area (Å²) in [4.78, 5) is 13.4. The number of benzene rings is 1. The zero-order chi connectivity index (χ0) is 24.3. The second kappa shape index (κ2) is 10.5. The molecule has 1 aromatic carbocycles. The van der Waals surface area contributed by atoms with Gasteiger partial charge >= 0.3 is 6.09 Å². The van der Waals surface area contributed by atoms with Crippen LogP contribution in [0.3, 0.4) is 0 Å².